The van der Waals surface area contributed by atoms with Gasteiger partial charge in [-0.15, -0.1) is 0 Å². The minimum atomic E-state index is -3.76. The Kier molecular flexibility index (Phi) is 4.83. The first-order valence-corrected chi connectivity index (χ1v) is 8.10. The molecule has 0 spiro atoms. The Hall–Kier alpha value is -1.12. The maximum absolute atomic E-state index is 12.3. The number of aryl methyl sites for hydroxylation is 1. The Bertz CT molecular complexity index is 642. The van der Waals surface area contributed by atoms with Gasteiger partial charge in [0.25, 0.3) is 0 Å². The summed E-state index contributed by atoms with van der Waals surface area (Å²) in [7, 11) is -3.76. The lowest BCUT2D eigenvalue weighted by Crippen LogP contribution is -2.42. The van der Waals surface area contributed by atoms with Gasteiger partial charge in [-0.1, -0.05) is 0 Å². The zero-order chi connectivity index (χ0) is 15.7. The van der Waals surface area contributed by atoms with Crippen LogP contribution >= 0.6 is 15.9 Å². The van der Waals surface area contributed by atoms with Crippen LogP contribution in [-0.2, 0) is 14.8 Å². The fourth-order valence-corrected chi connectivity index (χ4v) is 3.33. The summed E-state index contributed by atoms with van der Waals surface area (Å²) in [6, 6.07) is 3.00. The van der Waals surface area contributed by atoms with E-state index in [1.54, 1.807) is 26.8 Å². The normalized spacial score (nSPS) is 12.4. The van der Waals surface area contributed by atoms with Crippen molar-refractivity contribution in [2.75, 3.05) is 12.3 Å². The van der Waals surface area contributed by atoms with Gasteiger partial charge >= 0.3 is 0 Å². The topological polar surface area (TPSA) is 115 Å². The minimum absolute atomic E-state index is 0.0819. The quantitative estimate of drug-likeness (QED) is 0.679. The first-order valence-electron chi connectivity index (χ1n) is 5.82. The maximum atomic E-state index is 12.3. The van der Waals surface area contributed by atoms with Gasteiger partial charge in [0, 0.05) is 16.7 Å². The van der Waals surface area contributed by atoms with Gasteiger partial charge in [-0.05, 0) is 54.4 Å². The number of sulfonamides is 1. The van der Waals surface area contributed by atoms with Gasteiger partial charge in [0.1, 0.15) is 0 Å². The number of carbonyl (C=O) groups excluding carboxylic acids is 1. The van der Waals surface area contributed by atoms with E-state index in [1.165, 1.54) is 6.07 Å². The molecular weight excluding hydrogens is 346 g/mol. The molecule has 0 atom stereocenters. The molecule has 0 radical (unpaired) electrons. The summed E-state index contributed by atoms with van der Waals surface area (Å²) < 4.78 is 27.5. The number of nitrogen functional groups attached to an aromatic ring is 1. The molecule has 0 saturated heterocycles. The molecule has 0 fully saturated rings. The van der Waals surface area contributed by atoms with Crippen LogP contribution in [0.2, 0.25) is 0 Å². The van der Waals surface area contributed by atoms with E-state index < -0.39 is 21.3 Å². The summed E-state index contributed by atoms with van der Waals surface area (Å²) >= 11 is 3.24. The Balaban J connectivity index is 3.07. The van der Waals surface area contributed by atoms with Crippen LogP contribution in [0.25, 0.3) is 0 Å². The van der Waals surface area contributed by atoms with Crippen LogP contribution in [0.4, 0.5) is 5.69 Å². The average Bonchev–Trinajstić information content (AvgIpc) is 2.31. The number of nitrogens with one attached hydrogen (secondary N) is 1. The van der Waals surface area contributed by atoms with Gasteiger partial charge in [-0.3, -0.25) is 4.79 Å². The number of primary amides is 1. The lowest BCUT2D eigenvalue weighted by atomic mass is 9.93. The summed E-state index contributed by atoms with van der Waals surface area (Å²) in [4.78, 5) is 11.3. The molecule has 8 heteroatoms. The molecule has 0 heterocycles. The summed E-state index contributed by atoms with van der Waals surface area (Å²) in [5.74, 6) is -0.577. The molecule has 0 aliphatic carbocycles. The molecule has 0 saturated carbocycles. The van der Waals surface area contributed by atoms with Crippen molar-refractivity contribution in [3.05, 3.63) is 22.2 Å². The highest BCUT2D eigenvalue weighted by molar-refractivity contribution is 9.10. The third kappa shape index (κ3) is 3.71. The first-order chi connectivity index (χ1) is 8.97. The fourth-order valence-electron chi connectivity index (χ4n) is 1.40. The summed E-state index contributed by atoms with van der Waals surface area (Å²) in [6.45, 7) is 4.72. The van der Waals surface area contributed by atoms with E-state index in [0.717, 1.165) is 0 Å². The van der Waals surface area contributed by atoms with Gasteiger partial charge < -0.3 is 11.5 Å². The van der Waals surface area contributed by atoms with Crippen molar-refractivity contribution >= 4 is 37.5 Å². The van der Waals surface area contributed by atoms with E-state index in [9.17, 15) is 13.2 Å². The highest BCUT2D eigenvalue weighted by Crippen LogP contribution is 2.26. The largest absolute Gasteiger partial charge is 0.398 e. The zero-order valence-electron chi connectivity index (χ0n) is 11.5. The minimum Gasteiger partial charge on any atom is -0.398 e. The Morgan fingerprint density at radius 1 is 1.40 bits per heavy atom. The summed E-state index contributed by atoms with van der Waals surface area (Å²) in [5.41, 5.74) is 10.8. The third-order valence-electron chi connectivity index (χ3n) is 2.95. The number of hydrogen-bond donors (Lipinski definition) is 3. The molecule has 0 aromatic heterocycles. The van der Waals surface area contributed by atoms with Crippen LogP contribution in [0.3, 0.4) is 0 Å². The number of hydrogen-bond acceptors (Lipinski definition) is 4. The molecule has 20 heavy (non-hydrogen) atoms. The predicted octanol–water partition coefficient (Wildman–Crippen LogP) is 1.13. The Morgan fingerprint density at radius 2 is 1.95 bits per heavy atom. The standard InChI is InChI=1S/C12H18BrN3O3S/c1-7-4-8(13)9(14)5-10(7)20(18,19)16-6-12(2,3)11(15)17/h4-5,16H,6,14H2,1-3H3,(H2,15,17). The van der Waals surface area contributed by atoms with E-state index in [0.29, 0.717) is 15.7 Å². The second kappa shape index (κ2) is 5.71. The predicted molar refractivity (Wildman–Crippen MR) is 81.5 cm³/mol. The molecule has 1 amide bonds. The molecule has 0 aliphatic rings. The van der Waals surface area contributed by atoms with Gasteiger partial charge in [0.15, 0.2) is 0 Å². The molecule has 0 unspecified atom stereocenters. The summed E-state index contributed by atoms with van der Waals surface area (Å²) in [6.07, 6.45) is 0. The van der Waals surface area contributed by atoms with E-state index in [1.807, 2.05) is 0 Å². The number of amides is 1. The third-order valence-corrected chi connectivity index (χ3v) is 5.18. The molecule has 5 N–H and O–H groups in total. The van der Waals surface area contributed by atoms with Gasteiger partial charge in [-0.25, -0.2) is 13.1 Å². The molecule has 6 nitrogen and oxygen atoms in total. The second-order valence-electron chi connectivity index (χ2n) is 5.21. The van der Waals surface area contributed by atoms with Crippen molar-refractivity contribution < 1.29 is 13.2 Å². The SMILES string of the molecule is Cc1cc(Br)c(N)cc1S(=O)(=O)NCC(C)(C)C(N)=O. The first kappa shape index (κ1) is 16.9. The van der Waals surface area contributed by atoms with Gasteiger partial charge in [0.2, 0.25) is 15.9 Å². The molecule has 1 rings (SSSR count). The fraction of sp³-hybridized carbons (Fsp3) is 0.417. The van der Waals surface area contributed by atoms with E-state index in [2.05, 4.69) is 20.7 Å². The highest BCUT2D eigenvalue weighted by Gasteiger charge is 2.28. The smallest absolute Gasteiger partial charge is 0.240 e. The molecule has 1 aromatic carbocycles. The number of rotatable bonds is 5. The van der Waals surface area contributed by atoms with Crippen LogP contribution in [0.15, 0.2) is 21.5 Å². The van der Waals surface area contributed by atoms with E-state index >= 15 is 0 Å². The Labute approximate surface area is 127 Å². The lowest BCUT2D eigenvalue weighted by molar-refractivity contribution is -0.125. The number of nitrogens with two attached hydrogens (primary N) is 2. The van der Waals surface area contributed by atoms with Crippen LogP contribution < -0.4 is 16.2 Å². The number of halogens is 1. The molecule has 0 bridgehead atoms. The van der Waals surface area contributed by atoms with Crippen molar-refractivity contribution in [3.63, 3.8) is 0 Å². The summed E-state index contributed by atoms with van der Waals surface area (Å²) in [5, 5.41) is 0. The monoisotopic (exact) mass is 363 g/mol. The number of carbonyl (C=O) groups is 1. The maximum Gasteiger partial charge on any atom is 0.240 e. The average molecular weight is 364 g/mol. The van der Waals surface area contributed by atoms with Crippen molar-refractivity contribution in [2.24, 2.45) is 11.1 Å². The van der Waals surface area contributed by atoms with E-state index in [-0.39, 0.29) is 11.4 Å². The zero-order valence-corrected chi connectivity index (χ0v) is 13.9. The molecule has 0 aliphatic heterocycles. The van der Waals surface area contributed by atoms with Crippen molar-refractivity contribution in [1.29, 1.82) is 0 Å². The number of anilines is 1. The van der Waals surface area contributed by atoms with Crippen molar-refractivity contribution in [3.8, 4) is 0 Å². The van der Waals surface area contributed by atoms with Crippen molar-refractivity contribution in [2.45, 2.75) is 25.7 Å². The van der Waals surface area contributed by atoms with E-state index in [4.69, 9.17) is 11.5 Å². The van der Waals surface area contributed by atoms with Gasteiger partial charge in [-0.2, -0.15) is 0 Å². The second-order valence-corrected chi connectivity index (χ2v) is 7.80. The Morgan fingerprint density at radius 3 is 2.45 bits per heavy atom. The van der Waals surface area contributed by atoms with Gasteiger partial charge in [0.05, 0.1) is 10.3 Å². The van der Waals surface area contributed by atoms with Crippen LogP contribution in [0.1, 0.15) is 19.4 Å². The van der Waals surface area contributed by atoms with Crippen LogP contribution in [-0.4, -0.2) is 20.9 Å². The molecular formula is C12H18BrN3O3S. The van der Waals surface area contributed by atoms with Crippen molar-refractivity contribution in [1.82, 2.24) is 4.72 Å². The highest BCUT2D eigenvalue weighted by atomic mass is 79.9. The van der Waals surface area contributed by atoms with Crippen LogP contribution in [0.5, 0.6) is 0 Å². The number of benzene rings is 1. The lowest BCUT2D eigenvalue weighted by Gasteiger charge is -2.21. The molecule has 1 aromatic rings. The molecule has 112 valence electrons. The van der Waals surface area contributed by atoms with Crippen LogP contribution in [0, 0.1) is 12.3 Å².